The van der Waals surface area contributed by atoms with Gasteiger partial charge in [0.25, 0.3) is 5.91 Å². The monoisotopic (exact) mass is 339 g/mol. The van der Waals surface area contributed by atoms with Gasteiger partial charge in [-0.3, -0.25) is 9.89 Å². The SMILES string of the molecule is Cc1c(C(=O)Nc2ccnc3[nH]ncc23)ccc2c1SCCC2N. The Kier molecular flexibility index (Phi) is 3.74. The number of pyridine rings is 1. The highest BCUT2D eigenvalue weighted by Gasteiger charge is 2.22. The molecule has 1 aliphatic heterocycles. The first-order valence-electron chi connectivity index (χ1n) is 7.76. The number of carbonyl (C=O) groups excluding carboxylic acids is 1. The number of nitrogens with one attached hydrogen (secondary N) is 2. The minimum atomic E-state index is -0.135. The minimum Gasteiger partial charge on any atom is -0.324 e. The van der Waals surface area contributed by atoms with E-state index in [4.69, 9.17) is 5.73 Å². The first kappa shape index (κ1) is 15.2. The number of aromatic amines is 1. The average molecular weight is 339 g/mol. The smallest absolute Gasteiger partial charge is 0.255 e. The second kappa shape index (κ2) is 5.92. The van der Waals surface area contributed by atoms with Gasteiger partial charge in [-0.05, 0) is 42.4 Å². The molecule has 0 radical (unpaired) electrons. The number of hydrogen-bond donors (Lipinski definition) is 3. The number of aromatic nitrogens is 3. The number of rotatable bonds is 2. The molecule has 1 amide bonds. The predicted molar refractivity (Wildman–Crippen MR) is 95.3 cm³/mol. The quantitative estimate of drug-likeness (QED) is 0.667. The lowest BCUT2D eigenvalue weighted by Gasteiger charge is -2.24. The number of benzene rings is 1. The van der Waals surface area contributed by atoms with Gasteiger partial charge >= 0.3 is 0 Å². The van der Waals surface area contributed by atoms with Crippen molar-refractivity contribution in [2.24, 2.45) is 5.73 Å². The van der Waals surface area contributed by atoms with E-state index in [1.807, 2.05) is 19.1 Å². The van der Waals surface area contributed by atoms with E-state index in [0.29, 0.717) is 16.9 Å². The third-order valence-electron chi connectivity index (χ3n) is 4.36. The Balaban J connectivity index is 1.69. The fourth-order valence-electron chi connectivity index (χ4n) is 3.04. The highest BCUT2D eigenvalue weighted by Crippen LogP contribution is 2.38. The summed E-state index contributed by atoms with van der Waals surface area (Å²) in [6.45, 7) is 1.98. The fourth-order valence-corrected chi connectivity index (χ4v) is 4.32. The molecule has 2 aromatic heterocycles. The van der Waals surface area contributed by atoms with Gasteiger partial charge in [0.15, 0.2) is 5.65 Å². The maximum atomic E-state index is 12.8. The highest BCUT2D eigenvalue weighted by molar-refractivity contribution is 7.99. The number of H-pyrrole nitrogens is 1. The molecular formula is C17H17N5OS. The van der Waals surface area contributed by atoms with Crippen LogP contribution >= 0.6 is 11.8 Å². The minimum absolute atomic E-state index is 0.0582. The summed E-state index contributed by atoms with van der Waals surface area (Å²) < 4.78 is 0. The molecule has 1 atom stereocenters. The van der Waals surface area contributed by atoms with Crippen molar-refractivity contribution in [1.29, 1.82) is 0 Å². The largest absolute Gasteiger partial charge is 0.324 e. The van der Waals surface area contributed by atoms with E-state index in [1.165, 1.54) is 0 Å². The van der Waals surface area contributed by atoms with Crippen molar-refractivity contribution in [2.75, 3.05) is 11.1 Å². The second-order valence-corrected chi connectivity index (χ2v) is 6.95. The van der Waals surface area contributed by atoms with Crippen molar-refractivity contribution in [2.45, 2.75) is 24.3 Å². The van der Waals surface area contributed by atoms with Crippen LogP contribution in [0.3, 0.4) is 0 Å². The summed E-state index contributed by atoms with van der Waals surface area (Å²) in [4.78, 5) is 18.1. The molecule has 7 heteroatoms. The van der Waals surface area contributed by atoms with Gasteiger partial charge < -0.3 is 11.1 Å². The average Bonchev–Trinajstić information content (AvgIpc) is 3.05. The summed E-state index contributed by atoms with van der Waals surface area (Å²) in [6.07, 6.45) is 4.27. The van der Waals surface area contributed by atoms with Crippen LogP contribution in [0.1, 0.15) is 33.9 Å². The van der Waals surface area contributed by atoms with Crippen LogP contribution in [-0.4, -0.2) is 26.8 Å². The van der Waals surface area contributed by atoms with Gasteiger partial charge in [0.05, 0.1) is 17.3 Å². The molecule has 0 bridgehead atoms. The lowest BCUT2D eigenvalue weighted by Crippen LogP contribution is -2.19. The molecule has 4 N–H and O–H groups in total. The molecule has 0 spiro atoms. The number of anilines is 1. The molecule has 1 aliphatic rings. The van der Waals surface area contributed by atoms with E-state index in [1.54, 1.807) is 30.2 Å². The fraction of sp³-hybridized carbons (Fsp3) is 0.235. The maximum Gasteiger partial charge on any atom is 0.255 e. The lowest BCUT2D eigenvalue weighted by molar-refractivity contribution is 0.102. The number of hydrogen-bond acceptors (Lipinski definition) is 5. The van der Waals surface area contributed by atoms with Gasteiger partial charge in [-0.15, -0.1) is 11.8 Å². The normalized spacial score (nSPS) is 16.8. The zero-order valence-electron chi connectivity index (χ0n) is 13.2. The number of nitrogens with two attached hydrogens (primary N) is 1. The third-order valence-corrected chi connectivity index (χ3v) is 5.63. The molecule has 0 fully saturated rings. The summed E-state index contributed by atoms with van der Waals surface area (Å²) in [5, 5.41) is 10.5. The second-order valence-electron chi connectivity index (χ2n) is 5.85. The Morgan fingerprint density at radius 1 is 1.42 bits per heavy atom. The molecule has 0 saturated carbocycles. The molecule has 122 valence electrons. The van der Waals surface area contributed by atoms with E-state index >= 15 is 0 Å². The van der Waals surface area contributed by atoms with Crippen LogP contribution in [0.4, 0.5) is 5.69 Å². The number of amides is 1. The topological polar surface area (TPSA) is 96.7 Å². The number of carbonyl (C=O) groups is 1. The maximum absolute atomic E-state index is 12.8. The van der Waals surface area contributed by atoms with Crippen LogP contribution in [0.25, 0.3) is 11.0 Å². The Bertz CT molecular complexity index is 936. The first-order chi connectivity index (χ1) is 11.6. The molecule has 0 aliphatic carbocycles. The van der Waals surface area contributed by atoms with Gasteiger partial charge in [0.1, 0.15) is 0 Å². The van der Waals surface area contributed by atoms with E-state index in [-0.39, 0.29) is 11.9 Å². The molecule has 0 saturated heterocycles. The molecule has 3 heterocycles. The zero-order valence-corrected chi connectivity index (χ0v) is 14.0. The Labute approximate surface area is 143 Å². The molecule has 4 rings (SSSR count). The van der Waals surface area contributed by atoms with Crippen LogP contribution in [0.5, 0.6) is 0 Å². The Morgan fingerprint density at radius 3 is 3.17 bits per heavy atom. The van der Waals surface area contributed by atoms with Crippen LogP contribution < -0.4 is 11.1 Å². The van der Waals surface area contributed by atoms with Gasteiger partial charge in [-0.25, -0.2) is 4.98 Å². The molecule has 6 nitrogen and oxygen atoms in total. The summed E-state index contributed by atoms with van der Waals surface area (Å²) in [5.74, 6) is 0.851. The van der Waals surface area contributed by atoms with Crippen molar-refractivity contribution < 1.29 is 4.79 Å². The molecule has 1 aromatic carbocycles. The Hall–Kier alpha value is -2.38. The van der Waals surface area contributed by atoms with Crippen LogP contribution in [-0.2, 0) is 0 Å². The van der Waals surface area contributed by atoms with Crippen molar-refractivity contribution in [3.63, 3.8) is 0 Å². The predicted octanol–water partition coefficient (Wildman–Crippen LogP) is 3.01. The summed E-state index contributed by atoms with van der Waals surface area (Å²) in [5.41, 5.74) is 10.3. The number of thioether (sulfide) groups is 1. The van der Waals surface area contributed by atoms with E-state index in [0.717, 1.165) is 33.6 Å². The van der Waals surface area contributed by atoms with Crippen LogP contribution in [0.15, 0.2) is 35.5 Å². The van der Waals surface area contributed by atoms with Gasteiger partial charge in [-0.1, -0.05) is 6.07 Å². The zero-order chi connectivity index (χ0) is 16.7. The van der Waals surface area contributed by atoms with Crippen molar-refractivity contribution in [1.82, 2.24) is 15.2 Å². The van der Waals surface area contributed by atoms with E-state index in [2.05, 4.69) is 20.5 Å². The summed E-state index contributed by atoms with van der Waals surface area (Å²) in [7, 11) is 0. The van der Waals surface area contributed by atoms with Crippen molar-refractivity contribution in [3.05, 3.63) is 47.3 Å². The first-order valence-corrected chi connectivity index (χ1v) is 8.75. The number of fused-ring (bicyclic) bond motifs is 2. The Morgan fingerprint density at radius 2 is 2.29 bits per heavy atom. The summed E-state index contributed by atoms with van der Waals surface area (Å²) in [6, 6.07) is 5.67. The van der Waals surface area contributed by atoms with Gasteiger partial charge in [-0.2, -0.15) is 5.10 Å². The van der Waals surface area contributed by atoms with Crippen molar-refractivity contribution in [3.8, 4) is 0 Å². The molecule has 1 unspecified atom stereocenters. The number of nitrogens with zero attached hydrogens (tertiary/aromatic N) is 2. The van der Waals surface area contributed by atoms with E-state index < -0.39 is 0 Å². The molecular weight excluding hydrogens is 322 g/mol. The summed E-state index contributed by atoms with van der Waals surface area (Å²) >= 11 is 1.78. The van der Waals surface area contributed by atoms with Gasteiger partial charge in [0.2, 0.25) is 0 Å². The van der Waals surface area contributed by atoms with Crippen molar-refractivity contribution >= 4 is 34.4 Å². The highest BCUT2D eigenvalue weighted by atomic mass is 32.2. The molecule has 24 heavy (non-hydrogen) atoms. The standard InChI is InChI=1S/C17H17N5OS/c1-9-10(2-3-11-13(18)5-7-24-15(9)11)17(23)21-14-4-6-19-16-12(14)8-20-22-16/h2-4,6,8,13H,5,7,18H2,1H3,(H2,19,20,21,22,23). The van der Waals surface area contributed by atoms with Gasteiger partial charge in [0, 0.05) is 22.7 Å². The third kappa shape index (κ3) is 2.46. The molecule has 3 aromatic rings. The van der Waals surface area contributed by atoms with E-state index in [9.17, 15) is 4.79 Å². The lowest BCUT2D eigenvalue weighted by atomic mass is 9.98. The van der Waals surface area contributed by atoms with Crippen LogP contribution in [0.2, 0.25) is 0 Å². The van der Waals surface area contributed by atoms with Crippen LogP contribution in [0, 0.1) is 6.92 Å².